The molecule has 0 saturated heterocycles. The second-order valence-electron chi connectivity index (χ2n) is 5.16. The lowest BCUT2D eigenvalue weighted by Gasteiger charge is -2.28. The van der Waals surface area contributed by atoms with Gasteiger partial charge in [-0.25, -0.2) is 0 Å². The van der Waals surface area contributed by atoms with Gasteiger partial charge in [0.05, 0.1) is 0 Å². The van der Waals surface area contributed by atoms with Gasteiger partial charge in [-0.3, -0.25) is 0 Å². The molecule has 1 N–H and O–H groups in total. The molecule has 16 heavy (non-hydrogen) atoms. The number of nitrogens with one attached hydrogen (secondary N) is 1. The van der Waals surface area contributed by atoms with Gasteiger partial charge >= 0.3 is 0 Å². The Bertz CT molecular complexity index is 315. The third-order valence-electron chi connectivity index (χ3n) is 3.67. The first-order valence-electron chi connectivity index (χ1n) is 6.63. The molecular weight excluding hydrogens is 194 g/mol. The van der Waals surface area contributed by atoms with E-state index >= 15 is 0 Å². The molecule has 0 heterocycles. The number of hydrogen-bond donors (Lipinski definition) is 1. The van der Waals surface area contributed by atoms with Crippen molar-refractivity contribution in [3.63, 3.8) is 0 Å². The summed E-state index contributed by atoms with van der Waals surface area (Å²) in [7, 11) is 0. The predicted molar refractivity (Wildman–Crippen MR) is 70.9 cm³/mol. The molecule has 2 atom stereocenters. The van der Waals surface area contributed by atoms with Gasteiger partial charge in [0.2, 0.25) is 0 Å². The molecule has 1 aliphatic rings. The number of hydrogen-bond acceptors (Lipinski definition) is 1. The van der Waals surface area contributed by atoms with E-state index in [9.17, 15) is 0 Å². The van der Waals surface area contributed by atoms with E-state index in [2.05, 4.69) is 43.4 Å². The molecule has 1 fully saturated rings. The fourth-order valence-electron chi connectivity index (χ4n) is 2.64. The molecule has 1 aromatic rings. The Morgan fingerprint density at radius 3 is 2.56 bits per heavy atom. The van der Waals surface area contributed by atoms with Crippen LogP contribution in [0, 0.1) is 5.92 Å². The van der Waals surface area contributed by atoms with Gasteiger partial charge in [-0.2, -0.15) is 0 Å². The molecule has 0 amide bonds. The summed E-state index contributed by atoms with van der Waals surface area (Å²) in [5.41, 5.74) is 2.71. The van der Waals surface area contributed by atoms with Gasteiger partial charge in [-0.15, -0.1) is 0 Å². The number of anilines is 1. The van der Waals surface area contributed by atoms with Crippen molar-refractivity contribution in [3.8, 4) is 0 Å². The van der Waals surface area contributed by atoms with Gasteiger partial charge < -0.3 is 5.32 Å². The molecule has 1 heteroatoms. The van der Waals surface area contributed by atoms with Gasteiger partial charge in [-0.05, 0) is 42.9 Å². The Labute approximate surface area is 99.3 Å². The van der Waals surface area contributed by atoms with Crippen molar-refractivity contribution in [1.82, 2.24) is 0 Å². The highest BCUT2D eigenvalue weighted by molar-refractivity contribution is 5.45. The van der Waals surface area contributed by atoms with Gasteiger partial charge in [0.15, 0.2) is 0 Å². The molecule has 0 bridgehead atoms. The van der Waals surface area contributed by atoms with Crippen LogP contribution in [-0.2, 0) is 6.42 Å². The highest BCUT2D eigenvalue weighted by Crippen LogP contribution is 2.26. The van der Waals surface area contributed by atoms with Crippen molar-refractivity contribution < 1.29 is 0 Å². The van der Waals surface area contributed by atoms with Crippen LogP contribution < -0.4 is 5.32 Å². The maximum absolute atomic E-state index is 3.66. The first-order chi connectivity index (χ1) is 7.78. The molecule has 0 aromatic heterocycles. The van der Waals surface area contributed by atoms with Crippen LogP contribution in [0.4, 0.5) is 5.69 Å². The maximum atomic E-state index is 3.66. The van der Waals surface area contributed by atoms with E-state index in [-0.39, 0.29) is 0 Å². The van der Waals surface area contributed by atoms with Crippen LogP contribution in [0.5, 0.6) is 0 Å². The summed E-state index contributed by atoms with van der Waals surface area (Å²) in [6.07, 6.45) is 6.58. The molecule has 0 aliphatic heterocycles. The quantitative estimate of drug-likeness (QED) is 0.798. The minimum Gasteiger partial charge on any atom is -0.382 e. The van der Waals surface area contributed by atoms with Gasteiger partial charge in [0.25, 0.3) is 0 Å². The topological polar surface area (TPSA) is 12.0 Å². The molecule has 1 nitrogen and oxygen atoms in total. The van der Waals surface area contributed by atoms with E-state index in [1.807, 2.05) is 0 Å². The second kappa shape index (κ2) is 5.38. The SMILES string of the molecule is CCc1ccc(NC2CCCC(C)C2)cc1. The van der Waals surface area contributed by atoms with Crippen LogP contribution in [0.2, 0.25) is 0 Å². The van der Waals surface area contributed by atoms with Crippen molar-refractivity contribution in [2.24, 2.45) is 5.92 Å². The molecule has 2 unspecified atom stereocenters. The number of benzene rings is 1. The van der Waals surface area contributed by atoms with Crippen LogP contribution in [-0.4, -0.2) is 6.04 Å². The van der Waals surface area contributed by atoms with Crippen LogP contribution in [0.3, 0.4) is 0 Å². The Kier molecular flexibility index (Phi) is 3.87. The van der Waals surface area contributed by atoms with Crippen molar-refractivity contribution in [1.29, 1.82) is 0 Å². The summed E-state index contributed by atoms with van der Waals surface area (Å²) in [4.78, 5) is 0. The minimum absolute atomic E-state index is 0.691. The van der Waals surface area contributed by atoms with E-state index in [0.29, 0.717) is 6.04 Å². The first-order valence-corrected chi connectivity index (χ1v) is 6.63. The van der Waals surface area contributed by atoms with E-state index in [1.54, 1.807) is 0 Å². The van der Waals surface area contributed by atoms with Crippen molar-refractivity contribution in [2.45, 2.75) is 52.0 Å². The fourth-order valence-corrected chi connectivity index (χ4v) is 2.64. The predicted octanol–water partition coefficient (Wildman–Crippen LogP) is 4.24. The highest BCUT2D eigenvalue weighted by atomic mass is 14.9. The first kappa shape index (κ1) is 11.5. The summed E-state index contributed by atoms with van der Waals surface area (Å²) >= 11 is 0. The maximum Gasteiger partial charge on any atom is 0.0342 e. The van der Waals surface area contributed by atoms with Crippen LogP contribution in [0.1, 0.15) is 45.1 Å². The van der Waals surface area contributed by atoms with Crippen LogP contribution >= 0.6 is 0 Å². The lowest BCUT2D eigenvalue weighted by molar-refractivity contribution is 0.358. The number of aryl methyl sites for hydroxylation is 1. The molecule has 0 radical (unpaired) electrons. The van der Waals surface area contributed by atoms with Crippen molar-refractivity contribution >= 4 is 5.69 Å². The van der Waals surface area contributed by atoms with Crippen molar-refractivity contribution in [2.75, 3.05) is 5.32 Å². The fraction of sp³-hybridized carbons (Fsp3) is 0.600. The van der Waals surface area contributed by atoms with Crippen molar-refractivity contribution in [3.05, 3.63) is 29.8 Å². The zero-order valence-electron chi connectivity index (χ0n) is 10.5. The lowest BCUT2D eigenvalue weighted by atomic mass is 9.87. The summed E-state index contributed by atoms with van der Waals surface area (Å²) in [5, 5.41) is 3.66. The minimum atomic E-state index is 0.691. The summed E-state index contributed by atoms with van der Waals surface area (Å²) in [6, 6.07) is 9.59. The standard InChI is InChI=1S/C15H23N/c1-3-13-7-9-14(10-8-13)16-15-6-4-5-12(2)11-15/h7-10,12,15-16H,3-6,11H2,1-2H3. The molecule has 2 rings (SSSR count). The van der Waals surface area contributed by atoms with Gasteiger partial charge in [-0.1, -0.05) is 38.8 Å². The average molecular weight is 217 g/mol. The summed E-state index contributed by atoms with van der Waals surface area (Å²) in [6.45, 7) is 4.57. The second-order valence-corrected chi connectivity index (χ2v) is 5.16. The van der Waals surface area contributed by atoms with E-state index in [1.165, 1.54) is 36.9 Å². The van der Waals surface area contributed by atoms with Crippen LogP contribution in [0.25, 0.3) is 0 Å². The Hall–Kier alpha value is -0.980. The van der Waals surface area contributed by atoms with E-state index < -0.39 is 0 Å². The smallest absolute Gasteiger partial charge is 0.0342 e. The molecule has 88 valence electrons. The molecular formula is C15H23N. The summed E-state index contributed by atoms with van der Waals surface area (Å²) < 4.78 is 0. The third-order valence-corrected chi connectivity index (χ3v) is 3.67. The van der Waals surface area contributed by atoms with Gasteiger partial charge in [0.1, 0.15) is 0 Å². The molecule has 0 spiro atoms. The molecule has 1 aromatic carbocycles. The average Bonchev–Trinajstić information content (AvgIpc) is 2.30. The summed E-state index contributed by atoms with van der Waals surface area (Å²) in [5.74, 6) is 0.890. The zero-order chi connectivity index (χ0) is 11.4. The largest absolute Gasteiger partial charge is 0.382 e. The van der Waals surface area contributed by atoms with Gasteiger partial charge in [0, 0.05) is 11.7 Å². The van der Waals surface area contributed by atoms with E-state index in [4.69, 9.17) is 0 Å². The third kappa shape index (κ3) is 3.01. The number of rotatable bonds is 3. The van der Waals surface area contributed by atoms with E-state index in [0.717, 1.165) is 12.3 Å². The Balaban J connectivity index is 1.92. The monoisotopic (exact) mass is 217 g/mol. The molecule has 1 saturated carbocycles. The lowest BCUT2D eigenvalue weighted by Crippen LogP contribution is -2.26. The highest BCUT2D eigenvalue weighted by Gasteiger charge is 2.18. The van der Waals surface area contributed by atoms with Crippen LogP contribution in [0.15, 0.2) is 24.3 Å². The zero-order valence-corrected chi connectivity index (χ0v) is 10.5. The normalized spacial score (nSPS) is 25.4. The Morgan fingerprint density at radius 2 is 1.94 bits per heavy atom. The molecule has 1 aliphatic carbocycles. The Morgan fingerprint density at radius 1 is 1.19 bits per heavy atom.